The summed E-state index contributed by atoms with van der Waals surface area (Å²) in [4.78, 5) is 14.3. The minimum atomic E-state index is -2.78. The number of benzene rings is 1. The van der Waals surface area contributed by atoms with Crippen molar-refractivity contribution in [2.45, 2.75) is 19.8 Å². The monoisotopic (exact) mass is 221 g/mol. The molecule has 84 valence electrons. The molecule has 1 aromatic heterocycles. The molecular formula is C13H16N2O. The van der Waals surface area contributed by atoms with E-state index in [1.54, 1.807) is 31.2 Å². The quantitative estimate of drug-likeness (QED) is 0.834. The number of aromatic amines is 1. The average Bonchev–Trinajstić information content (AvgIpc) is 2.37. The Balaban J connectivity index is 2.44. The number of fused-ring (bicyclic) bond motifs is 1. The number of pyridine rings is 1. The van der Waals surface area contributed by atoms with Crippen LogP contribution in [0.4, 0.5) is 0 Å². The molecule has 0 radical (unpaired) electrons. The highest BCUT2D eigenvalue weighted by atomic mass is 16.1. The Kier molecular flexibility index (Phi) is 1.74. The summed E-state index contributed by atoms with van der Waals surface area (Å²) >= 11 is 0. The molecule has 0 bridgehead atoms. The van der Waals surface area contributed by atoms with Crippen LogP contribution in [0.1, 0.15) is 32.2 Å². The lowest BCUT2D eigenvalue weighted by Gasteiger charge is -2.14. The van der Waals surface area contributed by atoms with Gasteiger partial charge in [0, 0.05) is 24.5 Å². The van der Waals surface area contributed by atoms with Crippen molar-refractivity contribution < 1.29 is 6.85 Å². The van der Waals surface area contributed by atoms with E-state index >= 15 is 0 Å². The summed E-state index contributed by atoms with van der Waals surface area (Å²) in [5.74, 6) is 0. The maximum Gasteiger partial charge on any atom is 0.255 e. The van der Waals surface area contributed by atoms with Gasteiger partial charge in [-0.1, -0.05) is 25.1 Å². The number of hydrogen-bond acceptors (Lipinski definition) is 2. The molecule has 0 aliphatic heterocycles. The summed E-state index contributed by atoms with van der Waals surface area (Å²) < 4.78 is 36.9. The summed E-state index contributed by atoms with van der Waals surface area (Å²) in [5.41, 5.74) is 0.402. The van der Waals surface area contributed by atoms with Crippen LogP contribution in [0.5, 0.6) is 0 Å². The molecule has 3 nitrogen and oxygen atoms in total. The summed E-state index contributed by atoms with van der Waals surface area (Å²) in [5, 5.41) is 3.63. The number of hydrogen-bond donors (Lipinski definition) is 2. The summed E-state index contributed by atoms with van der Waals surface area (Å²) in [6, 6.07) is 6.35. The molecule has 1 unspecified atom stereocenters. The van der Waals surface area contributed by atoms with E-state index in [-0.39, 0.29) is 5.56 Å². The first-order valence-electron chi connectivity index (χ1n) is 7.51. The number of aromatic nitrogens is 1. The third-order valence-electron chi connectivity index (χ3n) is 2.60. The van der Waals surface area contributed by atoms with Crippen molar-refractivity contribution in [3.8, 4) is 0 Å². The zero-order chi connectivity index (χ0) is 15.8. The van der Waals surface area contributed by atoms with Gasteiger partial charge in [0.15, 0.2) is 0 Å². The predicted octanol–water partition coefficient (Wildman–Crippen LogP) is 2.20. The van der Waals surface area contributed by atoms with Crippen LogP contribution in [0.25, 0.3) is 10.8 Å². The normalized spacial score (nSPS) is 19.2. The Morgan fingerprint density at radius 3 is 3.00 bits per heavy atom. The minimum Gasteiger partial charge on any atom is -0.328 e. The van der Waals surface area contributed by atoms with Crippen molar-refractivity contribution in [3.05, 3.63) is 46.4 Å². The lowest BCUT2D eigenvalue weighted by atomic mass is 10.0. The van der Waals surface area contributed by atoms with E-state index in [9.17, 15) is 4.79 Å². The van der Waals surface area contributed by atoms with Crippen LogP contribution in [0.3, 0.4) is 0 Å². The van der Waals surface area contributed by atoms with Crippen LogP contribution in [-0.4, -0.2) is 11.5 Å². The molecule has 2 rings (SSSR count). The molecule has 1 heterocycles. The molecule has 0 saturated heterocycles. The number of nitrogens with one attached hydrogen (secondary N) is 2. The minimum absolute atomic E-state index is 0.236. The van der Waals surface area contributed by atoms with Crippen molar-refractivity contribution in [3.63, 3.8) is 0 Å². The molecule has 2 aromatic rings. The van der Waals surface area contributed by atoms with Crippen LogP contribution >= 0.6 is 0 Å². The third-order valence-corrected chi connectivity index (χ3v) is 2.60. The predicted molar refractivity (Wildman–Crippen MR) is 66.7 cm³/mol. The molecule has 0 saturated carbocycles. The fourth-order valence-corrected chi connectivity index (χ4v) is 1.78. The fraction of sp³-hybridized carbons (Fsp3) is 0.308. The lowest BCUT2D eigenvalue weighted by Crippen LogP contribution is -2.19. The highest BCUT2D eigenvalue weighted by Gasteiger charge is 2.09. The van der Waals surface area contributed by atoms with Gasteiger partial charge in [-0.25, -0.2) is 0 Å². The molecule has 0 aliphatic carbocycles. The first kappa shape index (κ1) is 6.21. The number of rotatable bonds is 3. The zero-order valence-corrected chi connectivity index (χ0v) is 8.87. The first-order chi connectivity index (χ1) is 9.63. The zero-order valence-electron chi connectivity index (χ0n) is 13.9. The third kappa shape index (κ3) is 1.86. The Morgan fingerprint density at radius 1 is 1.50 bits per heavy atom. The molecule has 1 aromatic carbocycles. The van der Waals surface area contributed by atoms with Crippen LogP contribution in [0.15, 0.2) is 35.3 Å². The smallest absolute Gasteiger partial charge is 0.255 e. The van der Waals surface area contributed by atoms with Gasteiger partial charge in [-0.15, -0.1) is 0 Å². The van der Waals surface area contributed by atoms with Gasteiger partial charge in [0.05, 0.1) is 0 Å². The van der Waals surface area contributed by atoms with Gasteiger partial charge in [-0.3, -0.25) is 4.79 Å². The van der Waals surface area contributed by atoms with Crippen molar-refractivity contribution in [1.82, 2.24) is 10.3 Å². The maximum atomic E-state index is 11.8. The summed E-state index contributed by atoms with van der Waals surface area (Å²) in [6.07, 6.45) is 1.48. The largest absolute Gasteiger partial charge is 0.328 e. The molecular weight excluding hydrogens is 200 g/mol. The molecule has 0 amide bonds. The van der Waals surface area contributed by atoms with Crippen LogP contribution in [0, 0.1) is 0 Å². The van der Waals surface area contributed by atoms with E-state index in [0.29, 0.717) is 16.3 Å². The molecule has 1 atom stereocenters. The van der Waals surface area contributed by atoms with Crippen LogP contribution < -0.4 is 10.9 Å². The van der Waals surface area contributed by atoms with Gasteiger partial charge in [0.25, 0.3) is 5.56 Å². The molecule has 0 fully saturated rings. The van der Waals surface area contributed by atoms with E-state index in [1.807, 2.05) is 0 Å². The van der Waals surface area contributed by atoms with Gasteiger partial charge in [-0.2, -0.15) is 0 Å². The second kappa shape index (κ2) is 4.49. The van der Waals surface area contributed by atoms with E-state index in [1.165, 1.54) is 6.20 Å². The molecule has 0 aliphatic rings. The number of H-pyrrole nitrogens is 1. The van der Waals surface area contributed by atoms with Gasteiger partial charge in [0.1, 0.15) is 0 Å². The van der Waals surface area contributed by atoms with Crippen LogP contribution in [0.2, 0.25) is 0 Å². The average molecular weight is 221 g/mol. The van der Waals surface area contributed by atoms with Crippen LogP contribution in [-0.2, 0) is 0 Å². The summed E-state index contributed by atoms with van der Waals surface area (Å²) in [6.45, 7) is -3.65. The Labute approximate surface area is 102 Å². The van der Waals surface area contributed by atoms with Crippen molar-refractivity contribution in [2.75, 3.05) is 6.50 Å². The maximum absolute atomic E-state index is 11.8. The second-order valence-corrected chi connectivity index (χ2v) is 3.61. The SMILES string of the molecule is [2H]C([2H])([2H])C([2H])([2H])NC(C)c1c[nH]c(=O)c2ccccc12. The summed E-state index contributed by atoms with van der Waals surface area (Å²) in [7, 11) is 0. The molecule has 2 N–H and O–H groups in total. The second-order valence-electron chi connectivity index (χ2n) is 3.61. The fourth-order valence-electron chi connectivity index (χ4n) is 1.78. The first-order valence-corrected chi connectivity index (χ1v) is 5.01. The standard InChI is InChI=1S/C13H16N2O/c1-3-14-9(2)12-8-15-13(16)11-7-5-4-6-10(11)12/h4-9,14H,3H2,1-2H3,(H,15,16)/i1D3,3D2. The van der Waals surface area contributed by atoms with E-state index in [2.05, 4.69) is 10.3 Å². The van der Waals surface area contributed by atoms with E-state index < -0.39 is 19.4 Å². The Bertz CT molecular complexity index is 708. The van der Waals surface area contributed by atoms with Gasteiger partial charge < -0.3 is 10.3 Å². The van der Waals surface area contributed by atoms with E-state index in [4.69, 9.17) is 6.85 Å². The highest BCUT2D eigenvalue weighted by Crippen LogP contribution is 2.20. The Hall–Kier alpha value is -1.61. The van der Waals surface area contributed by atoms with Gasteiger partial charge in [-0.05, 0) is 30.4 Å². The van der Waals surface area contributed by atoms with Gasteiger partial charge in [0.2, 0.25) is 0 Å². The Morgan fingerprint density at radius 2 is 2.25 bits per heavy atom. The topological polar surface area (TPSA) is 44.9 Å². The van der Waals surface area contributed by atoms with E-state index in [0.717, 1.165) is 0 Å². The lowest BCUT2D eigenvalue weighted by molar-refractivity contribution is 0.600. The molecule has 0 spiro atoms. The molecule has 3 heteroatoms. The van der Waals surface area contributed by atoms with Gasteiger partial charge >= 0.3 is 0 Å². The van der Waals surface area contributed by atoms with Crippen molar-refractivity contribution in [2.24, 2.45) is 0 Å². The highest BCUT2D eigenvalue weighted by molar-refractivity contribution is 5.84. The molecule has 16 heavy (non-hydrogen) atoms. The van der Waals surface area contributed by atoms with Crippen molar-refractivity contribution >= 4 is 10.8 Å². The van der Waals surface area contributed by atoms with Crippen molar-refractivity contribution in [1.29, 1.82) is 0 Å².